The van der Waals surface area contributed by atoms with Gasteiger partial charge in [0.1, 0.15) is 15.9 Å². The lowest BCUT2D eigenvalue weighted by atomic mass is 9.96. The van der Waals surface area contributed by atoms with Gasteiger partial charge >= 0.3 is 5.97 Å². The second-order valence-corrected chi connectivity index (χ2v) is 12.9. The number of hydrogen-bond donors (Lipinski definition) is 0. The number of thiazole rings is 1. The van der Waals surface area contributed by atoms with Crippen molar-refractivity contribution in [1.82, 2.24) is 24.1 Å². The van der Waals surface area contributed by atoms with Crippen LogP contribution in [0.15, 0.2) is 84.0 Å². The molecule has 1 saturated heterocycles. The van der Waals surface area contributed by atoms with Gasteiger partial charge in [0.15, 0.2) is 0 Å². The number of hydrogen-bond acceptors (Lipinski definition) is 9. The van der Waals surface area contributed by atoms with E-state index in [1.165, 1.54) is 26.8 Å². The fourth-order valence-electron chi connectivity index (χ4n) is 5.50. The lowest BCUT2D eigenvalue weighted by molar-refractivity contribution is -0.136. The number of nitrogens with zero attached hydrogens (tertiary/aromatic N) is 5. The van der Waals surface area contributed by atoms with Crippen LogP contribution in [0.5, 0.6) is 0 Å². The summed E-state index contributed by atoms with van der Waals surface area (Å²) in [6, 6.07) is 23.3. The third kappa shape index (κ3) is 7.43. The molecule has 4 aromatic rings. The largest absolute Gasteiger partial charge is 0.462 e. The summed E-state index contributed by atoms with van der Waals surface area (Å²) in [6.45, 7) is 9.67. The first-order chi connectivity index (χ1) is 21.8. The summed E-state index contributed by atoms with van der Waals surface area (Å²) in [4.78, 5) is 54.3. The van der Waals surface area contributed by atoms with Gasteiger partial charge < -0.3 is 9.64 Å². The number of ether oxygens (including phenoxy) is 1. The smallest absolute Gasteiger partial charge is 0.340 e. The van der Waals surface area contributed by atoms with Crippen molar-refractivity contribution in [1.29, 1.82) is 0 Å². The zero-order valence-electron chi connectivity index (χ0n) is 25.9. The van der Waals surface area contributed by atoms with Crippen LogP contribution in [0.4, 0.5) is 0 Å². The number of rotatable bonds is 10. The number of carbonyl (C=O) groups excluding carboxylic acids is 3. The van der Waals surface area contributed by atoms with Crippen LogP contribution in [0.2, 0.25) is 0 Å². The number of carbonyl (C=O) groups is 3. The Kier molecular flexibility index (Phi) is 10.6. The molecule has 11 heteroatoms. The van der Waals surface area contributed by atoms with Gasteiger partial charge in [-0.05, 0) is 51.0 Å². The number of piperazine rings is 1. The molecule has 0 radical (unpaired) electrons. The molecule has 0 unspecified atom stereocenters. The molecule has 45 heavy (non-hydrogen) atoms. The summed E-state index contributed by atoms with van der Waals surface area (Å²) in [5, 5.41) is 1.05. The first-order valence-electron chi connectivity index (χ1n) is 15.0. The van der Waals surface area contributed by atoms with Gasteiger partial charge in [0, 0.05) is 44.3 Å². The highest BCUT2D eigenvalue weighted by molar-refractivity contribution is 7.97. The van der Waals surface area contributed by atoms with Crippen LogP contribution >= 0.6 is 23.3 Å². The van der Waals surface area contributed by atoms with Gasteiger partial charge in [0.2, 0.25) is 5.91 Å². The molecule has 9 nitrogen and oxygen atoms in total. The highest BCUT2D eigenvalue weighted by Gasteiger charge is 2.36. The molecule has 2 aromatic carbocycles. The molecule has 1 fully saturated rings. The number of pyridine rings is 1. The Morgan fingerprint density at radius 1 is 0.933 bits per heavy atom. The van der Waals surface area contributed by atoms with Crippen LogP contribution < -0.4 is 0 Å². The third-order valence-corrected chi connectivity index (χ3v) is 9.92. The summed E-state index contributed by atoms with van der Waals surface area (Å²) < 4.78 is 6.66. The summed E-state index contributed by atoms with van der Waals surface area (Å²) in [5.41, 5.74) is 3.24. The van der Waals surface area contributed by atoms with E-state index in [1.54, 1.807) is 39.1 Å². The summed E-state index contributed by atoms with van der Waals surface area (Å²) in [5.74, 6) is -1.05. The Bertz CT molecular complexity index is 1580. The van der Waals surface area contributed by atoms with Crippen molar-refractivity contribution in [3.05, 3.63) is 111 Å². The topological polar surface area (TPSA) is 95.9 Å². The van der Waals surface area contributed by atoms with Crippen LogP contribution in [0.25, 0.3) is 0 Å². The van der Waals surface area contributed by atoms with Gasteiger partial charge in [0.05, 0.1) is 28.9 Å². The van der Waals surface area contributed by atoms with Gasteiger partial charge in [-0.3, -0.25) is 18.8 Å². The minimum absolute atomic E-state index is 0.0682. The molecular formula is C34H37N5O4S2. The molecule has 234 valence electrons. The van der Waals surface area contributed by atoms with Crippen LogP contribution in [-0.4, -0.2) is 80.7 Å². The van der Waals surface area contributed by atoms with E-state index < -0.39 is 12.0 Å². The number of aryl methyl sites for hydroxylation is 2. The van der Waals surface area contributed by atoms with Crippen molar-refractivity contribution in [3.63, 3.8) is 0 Å². The average Bonchev–Trinajstić information content (AvgIpc) is 3.41. The molecule has 3 heterocycles. The zero-order chi connectivity index (χ0) is 31.9. The molecule has 0 saturated carbocycles. The van der Waals surface area contributed by atoms with Gasteiger partial charge in [-0.2, -0.15) is 0 Å². The molecular weight excluding hydrogens is 607 g/mol. The van der Waals surface area contributed by atoms with E-state index in [-0.39, 0.29) is 30.0 Å². The molecule has 2 amide bonds. The minimum atomic E-state index is -0.841. The van der Waals surface area contributed by atoms with E-state index in [9.17, 15) is 14.4 Å². The number of amides is 2. The minimum Gasteiger partial charge on any atom is -0.462 e. The second-order valence-electron chi connectivity index (χ2n) is 10.7. The van der Waals surface area contributed by atoms with Crippen LogP contribution in [0, 0.1) is 13.8 Å². The molecule has 0 aliphatic carbocycles. The second kappa shape index (κ2) is 14.8. The van der Waals surface area contributed by atoms with Crippen LogP contribution in [-0.2, 0) is 9.53 Å². The summed E-state index contributed by atoms with van der Waals surface area (Å²) in [7, 11) is 0. The fourth-order valence-corrected chi connectivity index (χ4v) is 7.38. The SMILES string of the molecule is CCOC(=O)c1cccnc1SN(C(=O)c1sc(C)nc1C)[C@H](C)C(=O)N1CCN(C(c2ccccc2)c2ccccc2)CC1. The van der Waals surface area contributed by atoms with Crippen molar-refractivity contribution in [2.75, 3.05) is 32.8 Å². The number of esters is 1. The molecule has 2 aromatic heterocycles. The van der Waals surface area contributed by atoms with Gasteiger partial charge in [-0.25, -0.2) is 14.8 Å². The molecule has 0 spiro atoms. The fraction of sp³-hybridized carbons (Fsp3) is 0.324. The van der Waals surface area contributed by atoms with Crippen LogP contribution in [0.1, 0.15) is 61.7 Å². The van der Waals surface area contributed by atoms with Gasteiger partial charge in [-0.15, -0.1) is 11.3 Å². The van der Waals surface area contributed by atoms with Crippen molar-refractivity contribution in [3.8, 4) is 0 Å². The summed E-state index contributed by atoms with van der Waals surface area (Å²) in [6.07, 6.45) is 1.55. The number of benzene rings is 2. The Morgan fingerprint density at radius 3 is 2.11 bits per heavy atom. The predicted molar refractivity (Wildman–Crippen MR) is 176 cm³/mol. The first kappa shape index (κ1) is 32.3. The van der Waals surface area contributed by atoms with Crippen LogP contribution in [0.3, 0.4) is 0 Å². The standard InChI is InChI=1S/C34H37N5O4S2/c1-5-43-34(42)28-17-12-18-35-31(28)45-39(33(41)30-23(2)36-25(4)44-30)24(3)32(40)38-21-19-37(20-22-38)29(26-13-8-6-9-14-26)27-15-10-7-11-16-27/h6-18,24,29H,5,19-22H2,1-4H3/t24-/m1/s1. The Balaban J connectivity index is 1.37. The first-order valence-corrected chi connectivity index (χ1v) is 16.6. The van der Waals surface area contributed by atoms with Gasteiger partial charge in [-0.1, -0.05) is 60.7 Å². The van der Waals surface area contributed by atoms with Crippen molar-refractivity contribution in [2.24, 2.45) is 0 Å². The maximum Gasteiger partial charge on any atom is 0.340 e. The lowest BCUT2D eigenvalue weighted by Crippen LogP contribution is -2.54. The Labute approximate surface area is 272 Å². The quantitative estimate of drug-likeness (QED) is 0.158. The van der Waals surface area contributed by atoms with E-state index in [4.69, 9.17) is 4.74 Å². The van der Waals surface area contributed by atoms with Crippen molar-refractivity contribution >= 4 is 41.1 Å². The van der Waals surface area contributed by atoms with E-state index in [0.717, 1.165) is 17.0 Å². The normalized spacial score (nSPS) is 14.3. The molecule has 0 bridgehead atoms. The summed E-state index contributed by atoms with van der Waals surface area (Å²) >= 11 is 2.27. The monoisotopic (exact) mass is 643 g/mol. The highest BCUT2D eigenvalue weighted by atomic mass is 32.2. The van der Waals surface area contributed by atoms with Crippen molar-refractivity contribution < 1.29 is 19.1 Å². The zero-order valence-corrected chi connectivity index (χ0v) is 27.5. The highest BCUT2D eigenvalue weighted by Crippen LogP contribution is 2.33. The van der Waals surface area contributed by atoms with E-state index in [0.29, 0.717) is 41.8 Å². The molecule has 1 aliphatic rings. The number of aromatic nitrogens is 2. The molecule has 1 atom stereocenters. The molecule has 0 N–H and O–H groups in total. The van der Waals surface area contributed by atoms with Gasteiger partial charge in [0.25, 0.3) is 5.91 Å². The lowest BCUT2D eigenvalue weighted by Gasteiger charge is -2.41. The molecule has 5 rings (SSSR count). The average molecular weight is 644 g/mol. The van der Waals surface area contributed by atoms with E-state index in [2.05, 4.69) is 63.4 Å². The van der Waals surface area contributed by atoms with E-state index in [1.807, 2.05) is 24.0 Å². The third-order valence-electron chi connectivity index (χ3n) is 7.68. The molecule has 1 aliphatic heterocycles. The maximum absolute atomic E-state index is 14.1. The maximum atomic E-state index is 14.1. The Hall–Kier alpha value is -4.06. The Morgan fingerprint density at radius 2 is 1.56 bits per heavy atom. The predicted octanol–water partition coefficient (Wildman–Crippen LogP) is 5.80. The van der Waals surface area contributed by atoms with Crippen molar-refractivity contribution in [2.45, 2.75) is 44.8 Å². The van der Waals surface area contributed by atoms with E-state index >= 15 is 0 Å².